The van der Waals surface area contributed by atoms with Crippen molar-refractivity contribution in [2.75, 3.05) is 32.1 Å². The van der Waals surface area contributed by atoms with Crippen molar-refractivity contribution < 1.29 is 4.92 Å². The van der Waals surface area contributed by atoms with Gasteiger partial charge in [-0.1, -0.05) is 12.1 Å². The van der Waals surface area contributed by atoms with Crippen LogP contribution in [0.4, 0.5) is 11.4 Å². The van der Waals surface area contributed by atoms with Crippen LogP contribution in [0.1, 0.15) is 5.56 Å². The molecule has 0 aliphatic heterocycles. The fraction of sp³-hybridized carbons (Fsp3) is 0.455. The predicted octanol–water partition coefficient (Wildman–Crippen LogP) is 1.56. The number of likely N-dealkylation sites (N-methyl/N-ethyl adjacent to an activating group) is 2. The Morgan fingerprint density at radius 3 is 2.75 bits per heavy atom. The van der Waals surface area contributed by atoms with Crippen LogP contribution in [0.3, 0.4) is 0 Å². The van der Waals surface area contributed by atoms with Crippen LogP contribution in [0.15, 0.2) is 18.2 Å². The molecule has 0 aliphatic rings. The number of anilines is 1. The first-order chi connectivity index (χ1) is 7.57. The highest BCUT2D eigenvalue weighted by Crippen LogP contribution is 2.30. The second-order valence-electron chi connectivity index (χ2n) is 3.72. The molecule has 0 fully saturated rings. The Kier molecular flexibility index (Phi) is 4.25. The lowest BCUT2D eigenvalue weighted by molar-refractivity contribution is -0.384. The monoisotopic (exact) mass is 223 g/mol. The largest absolute Gasteiger partial charge is 0.368 e. The molecule has 0 saturated carbocycles. The van der Waals surface area contributed by atoms with Crippen LogP contribution in [0.5, 0.6) is 0 Å². The molecule has 0 bridgehead atoms. The summed E-state index contributed by atoms with van der Waals surface area (Å²) in [5.74, 6) is 0. The van der Waals surface area contributed by atoms with Crippen LogP contribution in [0, 0.1) is 17.0 Å². The van der Waals surface area contributed by atoms with Crippen LogP contribution >= 0.6 is 0 Å². The van der Waals surface area contributed by atoms with Crippen molar-refractivity contribution >= 4 is 11.4 Å². The summed E-state index contributed by atoms with van der Waals surface area (Å²) in [5.41, 5.74) is 1.56. The van der Waals surface area contributed by atoms with Crippen LogP contribution in [-0.4, -0.2) is 32.1 Å². The first-order valence-electron chi connectivity index (χ1n) is 5.17. The molecule has 0 amide bonds. The third-order valence-electron chi connectivity index (χ3n) is 2.51. The summed E-state index contributed by atoms with van der Waals surface area (Å²) in [6.07, 6.45) is 0. The summed E-state index contributed by atoms with van der Waals surface area (Å²) >= 11 is 0. The van der Waals surface area contributed by atoms with E-state index in [0.717, 1.165) is 13.1 Å². The van der Waals surface area contributed by atoms with Gasteiger partial charge in [-0.3, -0.25) is 10.1 Å². The van der Waals surface area contributed by atoms with Crippen LogP contribution in [0.25, 0.3) is 0 Å². The number of nitrogens with zero attached hydrogens (tertiary/aromatic N) is 2. The highest BCUT2D eigenvalue weighted by atomic mass is 16.6. The van der Waals surface area contributed by atoms with Crippen molar-refractivity contribution in [2.45, 2.75) is 6.92 Å². The van der Waals surface area contributed by atoms with Crippen molar-refractivity contribution in [3.05, 3.63) is 33.9 Å². The van der Waals surface area contributed by atoms with Gasteiger partial charge in [0.1, 0.15) is 5.69 Å². The fourth-order valence-electron chi connectivity index (χ4n) is 1.59. The van der Waals surface area contributed by atoms with E-state index < -0.39 is 0 Å². The normalized spacial score (nSPS) is 10.2. The fourth-order valence-corrected chi connectivity index (χ4v) is 1.59. The van der Waals surface area contributed by atoms with Gasteiger partial charge >= 0.3 is 0 Å². The van der Waals surface area contributed by atoms with E-state index in [2.05, 4.69) is 5.32 Å². The molecule has 0 aliphatic carbocycles. The molecule has 0 atom stereocenters. The van der Waals surface area contributed by atoms with E-state index >= 15 is 0 Å². The zero-order valence-corrected chi connectivity index (χ0v) is 9.86. The number of nitro groups is 1. The van der Waals surface area contributed by atoms with Crippen LogP contribution in [0.2, 0.25) is 0 Å². The minimum absolute atomic E-state index is 0.195. The summed E-state index contributed by atoms with van der Waals surface area (Å²) in [6.45, 7) is 3.29. The lowest BCUT2D eigenvalue weighted by atomic mass is 10.1. The quantitative estimate of drug-likeness (QED) is 0.608. The second kappa shape index (κ2) is 5.46. The second-order valence-corrected chi connectivity index (χ2v) is 3.72. The van der Waals surface area contributed by atoms with Gasteiger partial charge in [0.15, 0.2) is 0 Å². The molecule has 0 spiro atoms. The van der Waals surface area contributed by atoms with Crippen LogP contribution in [-0.2, 0) is 0 Å². The van der Waals surface area contributed by atoms with Gasteiger partial charge in [-0.15, -0.1) is 0 Å². The van der Waals surface area contributed by atoms with Crippen LogP contribution < -0.4 is 10.2 Å². The van der Waals surface area contributed by atoms with E-state index in [1.54, 1.807) is 19.1 Å². The predicted molar refractivity (Wildman–Crippen MR) is 65.0 cm³/mol. The average Bonchev–Trinajstić information content (AvgIpc) is 2.24. The Hall–Kier alpha value is -1.62. The first kappa shape index (κ1) is 12.4. The smallest absolute Gasteiger partial charge is 0.295 e. The van der Waals surface area contributed by atoms with E-state index in [1.165, 1.54) is 0 Å². The molecule has 0 heterocycles. The summed E-state index contributed by atoms with van der Waals surface area (Å²) in [4.78, 5) is 12.6. The molecular weight excluding hydrogens is 206 g/mol. The third-order valence-corrected chi connectivity index (χ3v) is 2.51. The average molecular weight is 223 g/mol. The van der Waals surface area contributed by atoms with E-state index in [9.17, 15) is 10.1 Å². The lowest BCUT2D eigenvalue weighted by Crippen LogP contribution is -2.27. The topological polar surface area (TPSA) is 58.4 Å². The summed E-state index contributed by atoms with van der Waals surface area (Å²) in [6, 6.07) is 5.38. The molecule has 0 aromatic heterocycles. The molecular formula is C11H17N3O2. The number of nitro benzene ring substituents is 1. The Balaban J connectivity index is 3.02. The number of hydrogen-bond donors (Lipinski definition) is 1. The van der Waals surface area contributed by atoms with Gasteiger partial charge in [0.05, 0.1) is 4.92 Å². The maximum absolute atomic E-state index is 11.0. The van der Waals surface area contributed by atoms with Crippen molar-refractivity contribution in [1.29, 1.82) is 0 Å². The standard InChI is InChI=1S/C11H17N3O2/c1-9-5-4-6-10(11(9)14(15)16)13(3)8-7-12-2/h4-6,12H,7-8H2,1-3H3. The maximum Gasteiger partial charge on any atom is 0.295 e. The highest BCUT2D eigenvalue weighted by Gasteiger charge is 2.19. The molecule has 1 aromatic carbocycles. The molecule has 1 N–H and O–H groups in total. The Bertz CT molecular complexity index is 379. The number of aryl methyl sites for hydroxylation is 1. The number of hydrogen-bond acceptors (Lipinski definition) is 4. The molecule has 1 rings (SSSR count). The van der Waals surface area contributed by atoms with Crippen molar-refractivity contribution in [3.63, 3.8) is 0 Å². The van der Waals surface area contributed by atoms with Gasteiger partial charge in [0.2, 0.25) is 0 Å². The Labute approximate surface area is 95.2 Å². The first-order valence-corrected chi connectivity index (χ1v) is 5.17. The van der Waals surface area contributed by atoms with Gasteiger partial charge in [0.25, 0.3) is 5.69 Å². The molecule has 88 valence electrons. The molecule has 0 radical (unpaired) electrons. The SMILES string of the molecule is CNCCN(C)c1cccc(C)c1[N+](=O)[O-]. The number of nitrogens with one attached hydrogen (secondary N) is 1. The lowest BCUT2D eigenvalue weighted by Gasteiger charge is -2.19. The maximum atomic E-state index is 11.0. The van der Waals surface area contributed by atoms with E-state index in [0.29, 0.717) is 11.3 Å². The van der Waals surface area contributed by atoms with Gasteiger partial charge in [-0.05, 0) is 20.0 Å². The minimum Gasteiger partial charge on any atom is -0.368 e. The molecule has 5 nitrogen and oxygen atoms in total. The summed E-state index contributed by atoms with van der Waals surface area (Å²) in [7, 11) is 3.72. The molecule has 1 aromatic rings. The number of benzene rings is 1. The van der Waals surface area contributed by atoms with Crippen molar-refractivity contribution in [3.8, 4) is 0 Å². The summed E-state index contributed by atoms with van der Waals surface area (Å²) in [5, 5.41) is 14.0. The van der Waals surface area contributed by atoms with E-state index in [-0.39, 0.29) is 10.6 Å². The van der Waals surface area contributed by atoms with Crippen molar-refractivity contribution in [1.82, 2.24) is 5.32 Å². The highest BCUT2D eigenvalue weighted by molar-refractivity contribution is 5.66. The Morgan fingerprint density at radius 1 is 1.50 bits per heavy atom. The van der Waals surface area contributed by atoms with E-state index in [1.807, 2.05) is 25.1 Å². The minimum atomic E-state index is -0.319. The van der Waals surface area contributed by atoms with E-state index in [4.69, 9.17) is 0 Å². The zero-order chi connectivity index (χ0) is 12.1. The number of para-hydroxylation sites is 1. The Morgan fingerprint density at radius 2 is 2.19 bits per heavy atom. The summed E-state index contributed by atoms with van der Waals surface area (Å²) < 4.78 is 0. The molecule has 16 heavy (non-hydrogen) atoms. The zero-order valence-electron chi connectivity index (χ0n) is 9.86. The third kappa shape index (κ3) is 2.70. The van der Waals surface area contributed by atoms with Gasteiger partial charge in [-0.2, -0.15) is 0 Å². The number of rotatable bonds is 5. The molecule has 0 unspecified atom stereocenters. The van der Waals surface area contributed by atoms with Crippen molar-refractivity contribution in [2.24, 2.45) is 0 Å². The molecule has 0 saturated heterocycles. The molecule has 5 heteroatoms. The van der Waals surface area contributed by atoms with Gasteiger partial charge in [0, 0.05) is 25.7 Å². The van der Waals surface area contributed by atoms with Gasteiger partial charge in [-0.25, -0.2) is 0 Å². The van der Waals surface area contributed by atoms with Gasteiger partial charge < -0.3 is 10.2 Å².